The van der Waals surface area contributed by atoms with Crippen LogP contribution in [0.3, 0.4) is 0 Å². The maximum Gasteiger partial charge on any atom is 0.416 e. The zero-order chi connectivity index (χ0) is 16.0. The molecule has 0 heterocycles. The van der Waals surface area contributed by atoms with Gasteiger partial charge in [0, 0.05) is 12.2 Å². The summed E-state index contributed by atoms with van der Waals surface area (Å²) in [6.45, 7) is 4.66. The van der Waals surface area contributed by atoms with Crippen molar-refractivity contribution in [3.05, 3.63) is 29.3 Å². The van der Waals surface area contributed by atoms with E-state index in [-0.39, 0.29) is 11.3 Å². The molecule has 0 atom stereocenters. The fourth-order valence-electron chi connectivity index (χ4n) is 1.90. The number of rotatable bonds is 6. The Morgan fingerprint density at radius 1 is 1.29 bits per heavy atom. The van der Waals surface area contributed by atoms with E-state index < -0.39 is 17.6 Å². The minimum atomic E-state index is -4.49. The molecule has 0 fully saturated rings. The molecule has 0 unspecified atom stereocenters. The number of nitrogens with two attached hydrogens (primary N) is 1. The number of hydrogen-bond acceptors (Lipinski definition) is 2. The number of anilines is 1. The Morgan fingerprint density at radius 3 is 2.52 bits per heavy atom. The zero-order valence-electron chi connectivity index (χ0n) is 12.3. The van der Waals surface area contributed by atoms with E-state index in [0.29, 0.717) is 12.5 Å². The molecule has 0 bridgehead atoms. The number of nitrogen functional groups attached to an aromatic ring is 1. The van der Waals surface area contributed by atoms with Crippen molar-refractivity contribution in [3.63, 3.8) is 0 Å². The van der Waals surface area contributed by atoms with Crippen LogP contribution < -0.4 is 11.1 Å². The summed E-state index contributed by atoms with van der Waals surface area (Å²) in [5.74, 6) is 0.0305. The molecule has 1 amide bonds. The summed E-state index contributed by atoms with van der Waals surface area (Å²) in [7, 11) is 0. The van der Waals surface area contributed by atoms with E-state index in [1.807, 2.05) is 0 Å². The van der Waals surface area contributed by atoms with Crippen LogP contribution in [0.25, 0.3) is 0 Å². The molecule has 3 N–H and O–H groups in total. The Balaban J connectivity index is 2.61. The minimum absolute atomic E-state index is 0.0441. The van der Waals surface area contributed by atoms with Crippen molar-refractivity contribution in [2.75, 3.05) is 12.3 Å². The number of carbonyl (C=O) groups excluding carboxylic acids is 1. The van der Waals surface area contributed by atoms with E-state index >= 15 is 0 Å². The van der Waals surface area contributed by atoms with Crippen LogP contribution in [-0.2, 0) is 6.18 Å². The third-order valence-electron chi connectivity index (χ3n) is 3.12. The van der Waals surface area contributed by atoms with Crippen molar-refractivity contribution in [2.24, 2.45) is 5.92 Å². The Bertz CT molecular complexity index is 484. The number of carbonyl (C=O) groups is 1. The highest BCUT2D eigenvalue weighted by atomic mass is 19.4. The highest BCUT2D eigenvalue weighted by molar-refractivity contribution is 5.99. The lowest BCUT2D eigenvalue weighted by Crippen LogP contribution is -2.26. The second-order valence-electron chi connectivity index (χ2n) is 5.45. The molecule has 1 aromatic carbocycles. The van der Waals surface area contributed by atoms with Gasteiger partial charge in [0.1, 0.15) is 0 Å². The lowest BCUT2D eigenvalue weighted by atomic mass is 10.1. The van der Waals surface area contributed by atoms with Crippen molar-refractivity contribution in [2.45, 2.75) is 39.3 Å². The third kappa shape index (κ3) is 5.65. The van der Waals surface area contributed by atoms with Crippen LogP contribution in [0.1, 0.15) is 49.0 Å². The topological polar surface area (TPSA) is 55.1 Å². The molecule has 0 saturated heterocycles. The Morgan fingerprint density at radius 2 is 1.95 bits per heavy atom. The van der Waals surface area contributed by atoms with E-state index in [4.69, 9.17) is 5.73 Å². The molecule has 3 nitrogen and oxygen atoms in total. The van der Waals surface area contributed by atoms with Gasteiger partial charge in [0.15, 0.2) is 0 Å². The van der Waals surface area contributed by atoms with Crippen LogP contribution in [0.2, 0.25) is 0 Å². The van der Waals surface area contributed by atoms with Crippen molar-refractivity contribution in [1.82, 2.24) is 5.32 Å². The van der Waals surface area contributed by atoms with Gasteiger partial charge in [-0.1, -0.05) is 26.7 Å². The molecule has 0 aliphatic rings. The standard InChI is InChI=1S/C15H21F3N2O/c1-10(2)5-3-4-8-20-14(21)12-9-11(15(16,17)18)6-7-13(12)19/h6-7,9-10H,3-5,8,19H2,1-2H3,(H,20,21). The summed E-state index contributed by atoms with van der Waals surface area (Å²) in [4.78, 5) is 11.9. The molecule has 6 heteroatoms. The van der Waals surface area contributed by atoms with Crippen LogP contribution in [0.4, 0.5) is 18.9 Å². The van der Waals surface area contributed by atoms with E-state index in [2.05, 4.69) is 19.2 Å². The largest absolute Gasteiger partial charge is 0.416 e. The third-order valence-corrected chi connectivity index (χ3v) is 3.12. The van der Waals surface area contributed by atoms with Gasteiger partial charge in [0.05, 0.1) is 11.1 Å². The van der Waals surface area contributed by atoms with E-state index in [9.17, 15) is 18.0 Å². The van der Waals surface area contributed by atoms with Crippen LogP contribution >= 0.6 is 0 Å². The molecule has 118 valence electrons. The number of benzene rings is 1. The van der Waals surface area contributed by atoms with Gasteiger partial charge >= 0.3 is 6.18 Å². The van der Waals surface area contributed by atoms with Crippen molar-refractivity contribution in [1.29, 1.82) is 0 Å². The number of hydrogen-bond donors (Lipinski definition) is 2. The van der Waals surface area contributed by atoms with Crippen LogP contribution in [-0.4, -0.2) is 12.5 Å². The summed E-state index contributed by atoms with van der Waals surface area (Å²) in [6.07, 6.45) is -1.67. The van der Waals surface area contributed by atoms with Gasteiger partial charge in [-0.15, -0.1) is 0 Å². The van der Waals surface area contributed by atoms with E-state index in [1.165, 1.54) is 0 Å². The predicted molar refractivity (Wildman–Crippen MR) is 76.9 cm³/mol. The van der Waals surface area contributed by atoms with Gasteiger partial charge in [-0.3, -0.25) is 4.79 Å². The number of alkyl halides is 3. The highest BCUT2D eigenvalue weighted by Crippen LogP contribution is 2.31. The fourth-order valence-corrected chi connectivity index (χ4v) is 1.90. The normalized spacial score (nSPS) is 11.7. The lowest BCUT2D eigenvalue weighted by Gasteiger charge is -2.11. The summed E-state index contributed by atoms with van der Waals surface area (Å²) < 4.78 is 37.9. The molecule has 0 aliphatic heterocycles. The molecule has 0 saturated carbocycles. The number of unbranched alkanes of at least 4 members (excludes halogenated alkanes) is 1. The van der Waals surface area contributed by atoms with Gasteiger partial charge in [0.25, 0.3) is 5.91 Å². The Kier molecular flexibility index (Phi) is 6.05. The minimum Gasteiger partial charge on any atom is -0.398 e. The molecule has 21 heavy (non-hydrogen) atoms. The molecular formula is C15H21F3N2O. The average Bonchev–Trinajstić information content (AvgIpc) is 2.36. The average molecular weight is 302 g/mol. The summed E-state index contributed by atoms with van der Waals surface area (Å²) >= 11 is 0. The van der Waals surface area contributed by atoms with Crippen LogP contribution in [0.15, 0.2) is 18.2 Å². The molecule has 0 spiro atoms. The smallest absolute Gasteiger partial charge is 0.398 e. The quantitative estimate of drug-likeness (QED) is 0.619. The van der Waals surface area contributed by atoms with E-state index in [0.717, 1.165) is 37.5 Å². The van der Waals surface area contributed by atoms with Crippen LogP contribution in [0.5, 0.6) is 0 Å². The number of halogens is 3. The second-order valence-corrected chi connectivity index (χ2v) is 5.45. The first-order valence-electron chi connectivity index (χ1n) is 6.96. The first kappa shape index (κ1) is 17.3. The lowest BCUT2D eigenvalue weighted by molar-refractivity contribution is -0.137. The van der Waals surface area contributed by atoms with Crippen molar-refractivity contribution < 1.29 is 18.0 Å². The van der Waals surface area contributed by atoms with Crippen molar-refractivity contribution >= 4 is 11.6 Å². The first-order valence-corrected chi connectivity index (χ1v) is 6.96. The van der Waals surface area contributed by atoms with Gasteiger partial charge in [-0.25, -0.2) is 0 Å². The zero-order valence-corrected chi connectivity index (χ0v) is 12.3. The summed E-state index contributed by atoms with van der Waals surface area (Å²) in [6, 6.07) is 2.77. The molecule has 0 aromatic heterocycles. The second kappa shape index (κ2) is 7.33. The molecule has 0 radical (unpaired) electrons. The van der Waals surface area contributed by atoms with Gasteiger partial charge in [-0.2, -0.15) is 13.2 Å². The molecule has 1 rings (SSSR count). The fraction of sp³-hybridized carbons (Fsp3) is 0.533. The Labute approximate surface area is 122 Å². The molecular weight excluding hydrogens is 281 g/mol. The molecule has 1 aromatic rings. The first-order chi connectivity index (χ1) is 9.71. The number of nitrogens with one attached hydrogen (secondary N) is 1. The SMILES string of the molecule is CC(C)CCCCNC(=O)c1cc(C(F)(F)F)ccc1N. The van der Waals surface area contributed by atoms with Crippen molar-refractivity contribution in [3.8, 4) is 0 Å². The van der Waals surface area contributed by atoms with Gasteiger partial charge in [-0.05, 0) is 30.5 Å². The predicted octanol–water partition coefficient (Wildman–Crippen LogP) is 3.84. The Hall–Kier alpha value is -1.72. The highest BCUT2D eigenvalue weighted by Gasteiger charge is 2.31. The summed E-state index contributed by atoms with van der Waals surface area (Å²) in [5.41, 5.74) is 4.62. The summed E-state index contributed by atoms with van der Waals surface area (Å²) in [5, 5.41) is 2.61. The van der Waals surface area contributed by atoms with Gasteiger partial charge < -0.3 is 11.1 Å². The maximum absolute atomic E-state index is 12.6. The number of amides is 1. The molecule has 0 aliphatic carbocycles. The maximum atomic E-state index is 12.6. The van der Waals surface area contributed by atoms with E-state index in [1.54, 1.807) is 0 Å². The monoisotopic (exact) mass is 302 g/mol. The van der Waals surface area contributed by atoms with Crippen LogP contribution in [0, 0.1) is 5.92 Å². The van der Waals surface area contributed by atoms with Gasteiger partial charge in [0.2, 0.25) is 0 Å².